The molecular formula is C12H21N. The Morgan fingerprint density at radius 2 is 1.77 bits per heavy atom. The van der Waals surface area contributed by atoms with E-state index in [2.05, 4.69) is 18.4 Å². The lowest BCUT2D eigenvalue weighted by atomic mass is 9.92. The van der Waals surface area contributed by atoms with Crippen LogP contribution in [-0.4, -0.2) is 24.5 Å². The van der Waals surface area contributed by atoms with Gasteiger partial charge in [-0.15, -0.1) is 0 Å². The third-order valence-electron chi connectivity index (χ3n) is 3.84. The summed E-state index contributed by atoms with van der Waals surface area (Å²) in [7, 11) is 0. The molecule has 0 aromatic carbocycles. The van der Waals surface area contributed by atoms with Crippen LogP contribution < -0.4 is 0 Å². The monoisotopic (exact) mass is 179 g/mol. The Hall–Kier alpha value is -0.300. The second kappa shape index (κ2) is 3.83. The van der Waals surface area contributed by atoms with E-state index in [0.29, 0.717) is 0 Å². The van der Waals surface area contributed by atoms with Crippen molar-refractivity contribution in [2.45, 2.75) is 32.6 Å². The summed E-state index contributed by atoms with van der Waals surface area (Å²) in [6.45, 7) is 10.4. The summed E-state index contributed by atoms with van der Waals surface area (Å²) in [6.07, 6.45) is 5.39. The molecule has 2 atom stereocenters. The molecule has 1 aliphatic carbocycles. The first kappa shape index (κ1) is 9.26. The van der Waals surface area contributed by atoms with Crippen LogP contribution in [0.15, 0.2) is 12.2 Å². The van der Waals surface area contributed by atoms with Gasteiger partial charge in [0.25, 0.3) is 0 Å². The van der Waals surface area contributed by atoms with Crippen LogP contribution in [-0.2, 0) is 0 Å². The lowest BCUT2D eigenvalue weighted by Gasteiger charge is -2.12. The van der Waals surface area contributed by atoms with Gasteiger partial charge in [-0.25, -0.2) is 0 Å². The first-order valence-corrected chi connectivity index (χ1v) is 5.68. The van der Waals surface area contributed by atoms with Gasteiger partial charge in [0.15, 0.2) is 0 Å². The van der Waals surface area contributed by atoms with Crippen LogP contribution in [0.5, 0.6) is 0 Å². The fourth-order valence-electron chi connectivity index (χ4n) is 2.85. The van der Waals surface area contributed by atoms with Crippen LogP contribution in [0.3, 0.4) is 0 Å². The van der Waals surface area contributed by atoms with Gasteiger partial charge >= 0.3 is 0 Å². The zero-order valence-electron chi connectivity index (χ0n) is 8.76. The molecule has 13 heavy (non-hydrogen) atoms. The van der Waals surface area contributed by atoms with Gasteiger partial charge in [-0.3, -0.25) is 0 Å². The van der Waals surface area contributed by atoms with Crippen LogP contribution >= 0.6 is 0 Å². The number of hydrogen-bond donors (Lipinski definition) is 0. The lowest BCUT2D eigenvalue weighted by Crippen LogP contribution is -2.20. The molecule has 0 aromatic rings. The number of likely N-dealkylation sites (tertiary alicyclic amines) is 1. The highest BCUT2D eigenvalue weighted by atomic mass is 15.1. The molecule has 1 heteroatoms. The van der Waals surface area contributed by atoms with Gasteiger partial charge in [-0.1, -0.05) is 19.1 Å². The highest BCUT2D eigenvalue weighted by Gasteiger charge is 2.32. The average Bonchev–Trinajstić information content (AvgIpc) is 2.47. The molecule has 0 aromatic heterocycles. The highest BCUT2D eigenvalue weighted by molar-refractivity contribution is 5.00. The fourth-order valence-corrected chi connectivity index (χ4v) is 2.85. The summed E-state index contributed by atoms with van der Waals surface area (Å²) < 4.78 is 0. The number of fused-ring (bicyclic) bond motifs is 1. The molecule has 2 aliphatic rings. The Kier molecular flexibility index (Phi) is 2.73. The predicted molar refractivity (Wildman–Crippen MR) is 56.7 cm³/mol. The topological polar surface area (TPSA) is 3.24 Å². The van der Waals surface area contributed by atoms with Crippen molar-refractivity contribution in [3.8, 4) is 0 Å². The molecule has 1 heterocycles. The minimum absolute atomic E-state index is 0.985. The maximum Gasteiger partial charge on any atom is 0.00129 e. The summed E-state index contributed by atoms with van der Waals surface area (Å²) in [5.41, 5.74) is 1.50. The van der Waals surface area contributed by atoms with E-state index in [4.69, 9.17) is 0 Å². The van der Waals surface area contributed by atoms with Crippen LogP contribution in [0, 0.1) is 11.8 Å². The highest BCUT2D eigenvalue weighted by Crippen LogP contribution is 2.35. The zero-order chi connectivity index (χ0) is 9.26. The van der Waals surface area contributed by atoms with Gasteiger partial charge in [-0.05, 0) is 44.1 Å². The molecule has 0 amide bonds. The molecule has 2 fully saturated rings. The average molecular weight is 179 g/mol. The number of rotatable bonds is 1. The van der Waals surface area contributed by atoms with Gasteiger partial charge in [0, 0.05) is 13.1 Å². The maximum atomic E-state index is 4.13. The van der Waals surface area contributed by atoms with E-state index in [9.17, 15) is 0 Å². The molecule has 2 rings (SSSR count). The largest absolute Gasteiger partial charge is 0.303 e. The van der Waals surface area contributed by atoms with Gasteiger partial charge in [-0.2, -0.15) is 0 Å². The lowest BCUT2D eigenvalue weighted by molar-refractivity contribution is 0.334. The molecule has 0 radical (unpaired) electrons. The molecule has 1 saturated heterocycles. The Morgan fingerprint density at radius 1 is 1.23 bits per heavy atom. The van der Waals surface area contributed by atoms with Gasteiger partial charge < -0.3 is 4.90 Å². The SMILES string of the molecule is C=C1CCC2CN(CC)CC2CC1. The van der Waals surface area contributed by atoms with E-state index in [-0.39, 0.29) is 0 Å². The number of allylic oxidation sites excluding steroid dienone is 1. The second-order valence-corrected chi connectivity index (χ2v) is 4.70. The van der Waals surface area contributed by atoms with E-state index >= 15 is 0 Å². The van der Waals surface area contributed by atoms with Gasteiger partial charge in [0.2, 0.25) is 0 Å². The summed E-state index contributed by atoms with van der Waals surface area (Å²) in [5.74, 6) is 1.97. The minimum Gasteiger partial charge on any atom is -0.303 e. The summed E-state index contributed by atoms with van der Waals surface area (Å²) in [6, 6.07) is 0. The van der Waals surface area contributed by atoms with Crippen molar-refractivity contribution in [1.29, 1.82) is 0 Å². The summed E-state index contributed by atoms with van der Waals surface area (Å²) >= 11 is 0. The molecular weight excluding hydrogens is 158 g/mol. The molecule has 1 aliphatic heterocycles. The van der Waals surface area contributed by atoms with Crippen molar-refractivity contribution in [2.75, 3.05) is 19.6 Å². The maximum absolute atomic E-state index is 4.13. The normalized spacial score (nSPS) is 35.9. The molecule has 0 spiro atoms. The van der Waals surface area contributed by atoms with Crippen LogP contribution in [0.1, 0.15) is 32.6 Å². The van der Waals surface area contributed by atoms with Crippen molar-refractivity contribution in [1.82, 2.24) is 4.90 Å². The van der Waals surface area contributed by atoms with Gasteiger partial charge in [0.1, 0.15) is 0 Å². The third-order valence-corrected chi connectivity index (χ3v) is 3.84. The first-order valence-electron chi connectivity index (χ1n) is 5.68. The van der Waals surface area contributed by atoms with E-state index < -0.39 is 0 Å². The molecule has 0 N–H and O–H groups in total. The van der Waals surface area contributed by atoms with Crippen molar-refractivity contribution in [2.24, 2.45) is 11.8 Å². The zero-order valence-corrected chi connectivity index (χ0v) is 8.76. The van der Waals surface area contributed by atoms with Gasteiger partial charge in [0.05, 0.1) is 0 Å². The van der Waals surface area contributed by atoms with E-state index in [0.717, 1.165) is 11.8 Å². The Morgan fingerprint density at radius 3 is 2.23 bits per heavy atom. The molecule has 2 unspecified atom stereocenters. The second-order valence-electron chi connectivity index (χ2n) is 4.70. The molecule has 0 bridgehead atoms. The standard InChI is InChI=1S/C12H21N/c1-3-13-8-11-6-4-10(2)5-7-12(11)9-13/h11-12H,2-9H2,1H3. The summed E-state index contributed by atoms with van der Waals surface area (Å²) in [5, 5.41) is 0. The van der Waals surface area contributed by atoms with Crippen molar-refractivity contribution in [3.05, 3.63) is 12.2 Å². The van der Waals surface area contributed by atoms with E-state index in [1.54, 1.807) is 0 Å². The van der Waals surface area contributed by atoms with Crippen molar-refractivity contribution in [3.63, 3.8) is 0 Å². The quantitative estimate of drug-likeness (QED) is 0.559. The number of hydrogen-bond acceptors (Lipinski definition) is 1. The predicted octanol–water partition coefficient (Wildman–Crippen LogP) is 2.68. The first-order chi connectivity index (χ1) is 6.29. The summed E-state index contributed by atoms with van der Waals surface area (Å²) in [4.78, 5) is 2.61. The Labute approximate surface area is 81.8 Å². The van der Waals surface area contributed by atoms with Crippen LogP contribution in [0.25, 0.3) is 0 Å². The smallest absolute Gasteiger partial charge is 0.00129 e. The molecule has 1 nitrogen and oxygen atoms in total. The Balaban J connectivity index is 1.96. The molecule has 1 saturated carbocycles. The van der Waals surface area contributed by atoms with Crippen LogP contribution in [0.2, 0.25) is 0 Å². The van der Waals surface area contributed by atoms with E-state index in [1.807, 2.05) is 0 Å². The number of nitrogens with zero attached hydrogens (tertiary/aromatic N) is 1. The molecule has 74 valence electrons. The van der Waals surface area contributed by atoms with E-state index in [1.165, 1.54) is 50.9 Å². The van der Waals surface area contributed by atoms with Crippen molar-refractivity contribution >= 4 is 0 Å². The van der Waals surface area contributed by atoms with Crippen molar-refractivity contribution < 1.29 is 0 Å². The Bertz CT molecular complexity index is 179. The minimum atomic E-state index is 0.985. The van der Waals surface area contributed by atoms with Crippen LogP contribution in [0.4, 0.5) is 0 Å². The fraction of sp³-hybridized carbons (Fsp3) is 0.833. The third kappa shape index (κ3) is 1.96.